The van der Waals surface area contributed by atoms with Crippen LogP contribution in [0.25, 0.3) is 11.0 Å². The van der Waals surface area contributed by atoms with E-state index < -0.39 is 17.9 Å². The van der Waals surface area contributed by atoms with Crippen LogP contribution in [0.4, 0.5) is 0 Å². The fraction of sp³-hybridized carbons (Fsp3) is 0.130. The number of rotatable bonds is 7. The van der Waals surface area contributed by atoms with Gasteiger partial charge in [0.15, 0.2) is 5.65 Å². The molecule has 1 amide bonds. The Hall–Kier alpha value is -3.71. The topological polar surface area (TPSA) is 97.1 Å². The molecule has 0 saturated carbocycles. The fourth-order valence-electron chi connectivity index (χ4n) is 3.33. The highest BCUT2D eigenvalue weighted by molar-refractivity contribution is 6.30. The predicted octanol–water partition coefficient (Wildman–Crippen LogP) is 4.08. The highest BCUT2D eigenvalue weighted by atomic mass is 35.5. The van der Waals surface area contributed by atoms with Crippen LogP contribution in [0.3, 0.4) is 0 Å². The maximum Gasteiger partial charge on any atom is 0.305 e. The molecule has 2 aromatic carbocycles. The average Bonchev–Trinajstić information content (AvgIpc) is 3.16. The minimum atomic E-state index is -1.02. The fourth-order valence-corrected chi connectivity index (χ4v) is 3.46. The maximum absolute atomic E-state index is 12.8. The number of fused-ring (bicyclic) bond motifs is 1. The molecule has 156 valence electrons. The van der Waals surface area contributed by atoms with Crippen LogP contribution in [0.2, 0.25) is 5.02 Å². The van der Waals surface area contributed by atoms with E-state index in [0.29, 0.717) is 28.3 Å². The van der Waals surface area contributed by atoms with Gasteiger partial charge in [0.25, 0.3) is 5.91 Å². The lowest BCUT2D eigenvalue weighted by Gasteiger charge is -2.17. The number of aliphatic carboxylic acids is 1. The van der Waals surface area contributed by atoms with E-state index in [4.69, 9.17) is 11.6 Å². The Kier molecular flexibility index (Phi) is 5.95. The second-order valence-electron chi connectivity index (χ2n) is 7.10. The Morgan fingerprint density at radius 3 is 2.52 bits per heavy atom. The zero-order valence-corrected chi connectivity index (χ0v) is 17.2. The monoisotopic (exact) mass is 434 g/mol. The number of pyridine rings is 1. The SMILES string of the molecule is O=C(O)CC(NC(=O)c1cnc2c(cnn2Cc2ccccc2)c1)c1ccc(Cl)cc1. The molecule has 2 aromatic heterocycles. The van der Waals surface area contributed by atoms with Crippen molar-refractivity contribution in [3.63, 3.8) is 0 Å². The van der Waals surface area contributed by atoms with Crippen molar-refractivity contribution < 1.29 is 14.7 Å². The molecule has 0 spiro atoms. The second kappa shape index (κ2) is 8.97. The quantitative estimate of drug-likeness (QED) is 0.457. The van der Waals surface area contributed by atoms with Gasteiger partial charge in [-0.3, -0.25) is 9.59 Å². The van der Waals surface area contributed by atoms with Gasteiger partial charge < -0.3 is 10.4 Å². The number of hydrogen-bond acceptors (Lipinski definition) is 4. The molecule has 7 nitrogen and oxygen atoms in total. The van der Waals surface area contributed by atoms with E-state index >= 15 is 0 Å². The zero-order chi connectivity index (χ0) is 21.8. The summed E-state index contributed by atoms with van der Waals surface area (Å²) in [6, 6.07) is 17.6. The Bertz CT molecular complexity index is 1220. The summed E-state index contributed by atoms with van der Waals surface area (Å²) < 4.78 is 1.77. The number of carboxylic acids is 1. The number of nitrogens with zero attached hydrogens (tertiary/aromatic N) is 3. The number of hydrogen-bond donors (Lipinski definition) is 2. The minimum Gasteiger partial charge on any atom is -0.481 e. The van der Waals surface area contributed by atoms with E-state index in [0.717, 1.165) is 10.9 Å². The van der Waals surface area contributed by atoms with E-state index in [1.165, 1.54) is 6.20 Å². The lowest BCUT2D eigenvalue weighted by Crippen LogP contribution is -2.30. The molecule has 0 aliphatic carbocycles. The normalized spacial score (nSPS) is 11.9. The van der Waals surface area contributed by atoms with Gasteiger partial charge in [-0.2, -0.15) is 5.10 Å². The molecule has 0 fully saturated rings. The van der Waals surface area contributed by atoms with Crippen LogP contribution in [0.5, 0.6) is 0 Å². The highest BCUT2D eigenvalue weighted by Crippen LogP contribution is 2.21. The summed E-state index contributed by atoms with van der Waals surface area (Å²) in [5.74, 6) is -1.43. The van der Waals surface area contributed by atoms with Gasteiger partial charge in [0.1, 0.15) is 0 Å². The first kappa shape index (κ1) is 20.6. The van der Waals surface area contributed by atoms with Gasteiger partial charge in [-0.25, -0.2) is 9.67 Å². The van der Waals surface area contributed by atoms with Crippen molar-refractivity contribution in [2.75, 3.05) is 0 Å². The molecule has 2 N–H and O–H groups in total. The summed E-state index contributed by atoms with van der Waals surface area (Å²) in [6.07, 6.45) is 2.88. The molecule has 4 rings (SSSR count). The first-order valence-electron chi connectivity index (χ1n) is 9.63. The standard InChI is InChI=1S/C23H19ClN4O3/c24-19-8-6-16(7-9-19)20(11-21(29)30)27-23(31)18-10-17-13-26-28(22(17)25-12-18)14-15-4-2-1-3-5-15/h1-10,12-13,20H,11,14H2,(H,27,31)(H,29,30). The van der Waals surface area contributed by atoms with Gasteiger partial charge in [0.2, 0.25) is 0 Å². The Balaban J connectivity index is 1.55. The minimum absolute atomic E-state index is 0.252. The van der Waals surface area contributed by atoms with Crippen molar-refractivity contribution in [3.8, 4) is 0 Å². The first-order chi connectivity index (χ1) is 15.0. The lowest BCUT2D eigenvalue weighted by atomic mass is 10.0. The molecule has 2 heterocycles. The van der Waals surface area contributed by atoms with E-state index in [1.54, 1.807) is 41.2 Å². The number of halogens is 1. The molecular formula is C23H19ClN4O3. The van der Waals surface area contributed by atoms with Crippen LogP contribution in [0, 0.1) is 0 Å². The van der Waals surface area contributed by atoms with Crippen LogP contribution in [-0.2, 0) is 11.3 Å². The molecular weight excluding hydrogens is 416 g/mol. The zero-order valence-electron chi connectivity index (χ0n) is 16.4. The summed E-state index contributed by atoms with van der Waals surface area (Å²) in [7, 11) is 0. The summed E-state index contributed by atoms with van der Waals surface area (Å²) in [5, 5.41) is 17.7. The van der Waals surface area contributed by atoms with E-state index in [2.05, 4.69) is 15.4 Å². The molecule has 1 unspecified atom stereocenters. The Morgan fingerprint density at radius 2 is 1.81 bits per heavy atom. The highest BCUT2D eigenvalue weighted by Gasteiger charge is 2.20. The summed E-state index contributed by atoms with van der Waals surface area (Å²) in [5.41, 5.74) is 2.75. The summed E-state index contributed by atoms with van der Waals surface area (Å²) >= 11 is 5.91. The van der Waals surface area contributed by atoms with Gasteiger partial charge in [0.05, 0.1) is 30.8 Å². The van der Waals surface area contributed by atoms with Gasteiger partial charge >= 0.3 is 5.97 Å². The maximum atomic E-state index is 12.8. The number of carboxylic acid groups (broad SMARTS) is 1. The second-order valence-corrected chi connectivity index (χ2v) is 7.54. The number of carbonyl (C=O) groups is 2. The number of carbonyl (C=O) groups excluding carboxylic acids is 1. The lowest BCUT2D eigenvalue weighted by molar-refractivity contribution is -0.137. The molecule has 0 aliphatic heterocycles. The molecule has 0 saturated heterocycles. The van der Waals surface area contributed by atoms with Crippen molar-refractivity contribution in [1.82, 2.24) is 20.1 Å². The van der Waals surface area contributed by atoms with Crippen LogP contribution < -0.4 is 5.32 Å². The molecule has 1 atom stereocenters. The predicted molar refractivity (Wildman–Crippen MR) is 117 cm³/mol. The van der Waals surface area contributed by atoms with Gasteiger partial charge in [0, 0.05) is 16.6 Å². The third-order valence-electron chi connectivity index (χ3n) is 4.87. The Morgan fingerprint density at radius 1 is 1.06 bits per heavy atom. The van der Waals surface area contributed by atoms with Crippen LogP contribution in [0.1, 0.15) is 33.9 Å². The smallest absolute Gasteiger partial charge is 0.305 e. The molecule has 0 aliphatic rings. The summed E-state index contributed by atoms with van der Waals surface area (Å²) in [6.45, 7) is 0.570. The van der Waals surface area contributed by atoms with Crippen molar-refractivity contribution >= 4 is 34.5 Å². The third-order valence-corrected chi connectivity index (χ3v) is 5.12. The van der Waals surface area contributed by atoms with E-state index in [1.807, 2.05) is 30.3 Å². The molecule has 31 heavy (non-hydrogen) atoms. The van der Waals surface area contributed by atoms with E-state index in [-0.39, 0.29) is 6.42 Å². The molecule has 8 heteroatoms. The molecule has 4 aromatic rings. The molecule has 0 bridgehead atoms. The molecule has 0 radical (unpaired) electrons. The average molecular weight is 435 g/mol. The van der Waals surface area contributed by atoms with Gasteiger partial charge in [-0.05, 0) is 29.3 Å². The van der Waals surface area contributed by atoms with Crippen molar-refractivity contribution in [2.24, 2.45) is 0 Å². The van der Waals surface area contributed by atoms with Gasteiger partial charge in [-0.1, -0.05) is 54.1 Å². The third kappa shape index (κ3) is 4.90. The van der Waals surface area contributed by atoms with Crippen LogP contribution >= 0.6 is 11.6 Å². The number of aromatic nitrogens is 3. The number of amides is 1. The number of nitrogens with one attached hydrogen (secondary N) is 1. The van der Waals surface area contributed by atoms with Crippen LogP contribution in [-0.4, -0.2) is 31.7 Å². The van der Waals surface area contributed by atoms with Crippen molar-refractivity contribution in [2.45, 2.75) is 19.0 Å². The van der Waals surface area contributed by atoms with Crippen molar-refractivity contribution in [3.05, 3.63) is 94.8 Å². The van der Waals surface area contributed by atoms with E-state index in [9.17, 15) is 14.7 Å². The van der Waals surface area contributed by atoms with Gasteiger partial charge in [-0.15, -0.1) is 0 Å². The Labute approximate surface area is 183 Å². The van der Waals surface area contributed by atoms with Crippen LogP contribution in [0.15, 0.2) is 73.1 Å². The van der Waals surface area contributed by atoms with Crippen molar-refractivity contribution in [1.29, 1.82) is 0 Å². The summed E-state index contributed by atoms with van der Waals surface area (Å²) in [4.78, 5) is 28.5. The largest absolute Gasteiger partial charge is 0.481 e. The first-order valence-corrected chi connectivity index (χ1v) is 10.0. The number of benzene rings is 2.